The van der Waals surface area contributed by atoms with Crippen molar-refractivity contribution < 1.29 is 9.84 Å². The largest absolute Gasteiger partial charge is 0.496 e. The van der Waals surface area contributed by atoms with E-state index in [0.717, 1.165) is 24.3 Å². The average molecular weight is 235 g/mol. The maximum Gasteiger partial charge on any atom is 0.122 e. The fourth-order valence-electron chi connectivity index (χ4n) is 2.38. The van der Waals surface area contributed by atoms with Gasteiger partial charge in [-0.2, -0.15) is 0 Å². The van der Waals surface area contributed by atoms with E-state index in [1.807, 2.05) is 12.1 Å². The van der Waals surface area contributed by atoms with Crippen LogP contribution in [0.1, 0.15) is 24.0 Å². The lowest BCUT2D eigenvalue weighted by Gasteiger charge is -2.16. The molecule has 1 saturated heterocycles. The van der Waals surface area contributed by atoms with Crippen molar-refractivity contribution in [1.82, 2.24) is 4.90 Å². The van der Waals surface area contributed by atoms with Gasteiger partial charge in [0.05, 0.1) is 13.7 Å². The lowest BCUT2D eigenvalue weighted by molar-refractivity contribution is 0.281. The molecule has 1 aliphatic heterocycles. The predicted octanol–water partition coefficient (Wildman–Crippen LogP) is 1.83. The minimum atomic E-state index is 0.0722. The van der Waals surface area contributed by atoms with Gasteiger partial charge in [-0.05, 0) is 49.5 Å². The van der Waals surface area contributed by atoms with Crippen LogP contribution in [-0.2, 0) is 13.0 Å². The molecule has 0 aliphatic carbocycles. The molecule has 0 aromatic heterocycles. The Balaban J connectivity index is 1.98. The molecule has 17 heavy (non-hydrogen) atoms. The van der Waals surface area contributed by atoms with Crippen LogP contribution in [0.25, 0.3) is 0 Å². The number of hydrogen-bond donors (Lipinski definition) is 1. The van der Waals surface area contributed by atoms with Crippen molar-refractivity contribution in [2.45, 2.75) is 25.9 Å². The first-order valence-corrected chi connectivity index (χ1v) is 6.32. The molecule has 1 fully saturated rings. The zero-order valence-electron chi connectivity index (χ0n) is 10.5. The molecule has 3 nitrogen and oxygen atoms in total. The van der Waals surface area contributed by atoms with Crippen molar-refractivity contribution in [3.63, 3.8) is 0 Å². The Morgan fingerprint density at radius 2 is 2.06 bits per heavy atom. The van der Waals surface area contributed by atoms with Gasteiger partial charge < -0.3 is 14.7 Å². The zero-order chi connectivity index (χ0) is 12.1. The molecule has 0 bridgehead atoms. The highest BCUT2D eigenvalue weighted by Gasteiger charge is 2.12. The first-order chi connectivity index (χ1) is 8.33. The number of hydrogen-bond acceptors (Lipinski definition) is 3. The van der Waals surface area contributed by atoms with Gasteiger partial charge in [0.15, 0.2) is 0 Å². The van der Waals surface area contributed by atoms with Crippen LogP contribution in [-0.4, -0.2) is 36.8 Å². The molecule has 1 heterocycles. The number of ether oxygens (including phenoxy) is 1. The van der Waals surface area contributed by atoms with Crippen molar-refractivity contribution in [1.29, 1.82) is 0 Å². The summed E-state index contributed by atoms with van der Waals surface area (Å²) in [7, 11) is 1.69. The number of rotatable bonds is 5. The predicted molar refractivity (Wildman–Crippen MR) is 68.3 cm³/mol. The summed E-state index contributed by atoms with van der Waals surface area (Å²) in [6.07, 6.45) is 3.69. The Hall–Kier alpha value is -1.06. The fourth-order valence-corrected chi connectivity index (χ4v) is 2.38. The molecule has 1 aromatic carbocycles. The topological polar surface area (TPSA) is 32.7 Å². The Labute approximate surface area is 103 Å². The third-order valence-corrected chi connectivity index (χ3v) is 3.43. The van der Waals surface area contributed by atoms with Crippen LogP contribution in [0.3, 0.4) is 0 Å². The van der Waals surface area contributed by atoms with Gasteiger partial charge in [0.2, 0.25) is 0 Å². The van der Waals surface area contributed by atoms with Crippen LogP contribution in [0.2, 0.25) is 0 Å². The van der Waals surface area contributed by atoms with Crippen LogP contribution in [0.5, 0.6) is 5.75 Å². The van der Waals surface area contributed by atoms with Crippen molar-refractivity contribution in [2.75, 3.05) is 26.7 Å². The van der Waals surface area contributed by atoms with E-state index in [1.165, 1.54) is 31.5 Å². The van der Waals surface area contributed by atoms with E-state index in [2.05, 4.69) is 11.0 Å². The highest BCUT2D eigenvalue weighted by atomic mass is 16.5. The monoisotopic (exact) mass is 235 g/mol. The highest BCUT2D eigenvalue weighted by molar-refractivity contribution is 5.37. The van der Waals surface area contributed by atoms with Crippen molar-refractivity contribution in [2.24, 2.45) is 0 Å². The minimum absolute atomic E-state index is 0.0722. The van der Waals surface area contributed by atoms with E-state index in [4.69, 9.17) is 9.84 Å². The third-order valence-electron chi connectivity index (χ3n) is 3.43. The van der Waals surface area contributed by atoms with E-state index >= 15 is 0 Å². The summed E-state index contributed by atoms with van der Waals surface area (Å²) in [5.74, 6) is 0.899. The second-order valence-corrected chi connectivity index (χ2v) is 4.60. The van der Waals surface area contributed by atoms with Crippen LogP contribution in [0.4, 0.5) is 0 Å². The summed E-state index contributed by atoms with van der Waals surface area (Å²) in [5, 5.41) is 9.09. The van der Waals surface area contributed by atoms with E-state index in [9.17, 15) is 0 Å². The maximum absolute atomic E-state index is 9.09. The molecule has 1 aromatic rings. The van der Waals surface area contributed by atoms with Gasteiger partial charge in [-0.25, -0.2) is 0 Å². The van der Waals surface area contributed by atoms with E-state index in [0.29, 0.717) is 0 Å². The van der Waals surface area contributed by atoms with Gasteiger partial charge in [-0.15, -0.1) is 0 Å². The lowest BCUT2D eigenvalue weighted by Crippen LogP contribution is -2.22. The number of aliphatic hydroxyl groups excluding tert-OH is 1. The lowest BCUT2D eigenvalue weighted by atomic mass is 10.1. The minimum Gasteiger partial charge on any atom is -0.496 e. The highest BCUT2D eigenvalue weighted by Crippen LogP contribution is 2.21. The summed E-state index contributed by atoms with van der Waals surface area (Å²) in [4.78, 5) is 2.50. The van der Waals surface area contributed by atoms with Crippen molar-refractivity contribution in [3.8, 4) is 5.75 Å². The molecule has 3 heteroatoms. The van der Waals surface area contributed by atoms with Gasteiger partial charge in [0.25, 0.3) is 0 Å². The molecule has 1 N–H and O–H groups in total. The molecular weight excluding hydrogens is 214 g/mol. The van der Waals surface area contributed by atoms with Gasteiger partial charge in [0, 0.05) is 6.54 Å². The molecule has 94 valence electrons. The maximum atomic E-state index is 9.09. The third kappa shape index (κ3) is 3.20. The Morgan fingerprint density at radius 3 is 2.71 bits per heavy atom. The molecule has 0 saturated carbocycles. The number of benzene rings is 1. The number of nitrogens with zero attached hydrogens (tertiary/aromatic N) is 1. The fraction of sp³-hybridized carbons (Fsp3) is 0.571. The first-order valence-electron chi connectivity index (χ1n) is 6.32. The first kappa shape index (κ1) is 12.4. The summed E-state index contributed by atoms with van der Waals surface area (Å²) in [6, 6.07) is 5.97. The number of aliphatic hydroxyl groups is 1. The molecule has 0 radical (unpaired) electrons. The van der Waals surface area contributed by atoms with Crippen LogP contribution < -0.4 is 4.74 Å². The van der Waals surface area contributed by atoms with Gasteiger partial charge >= 0.3 is 0 Å². The Bertz CT molecular complexity index is 359. The number of likely N-dealkylation sites (tertiary alicyclic amines) is 1. The molecule has 0 atom stereocenters. The second kappa shape index (κ2) is 6.03. The molecule has 0 unspecified atom stereocenters. The molecule has 2 rings (SSSR count). The molecule has 0 amide bonds. The van der Waals surface area contributed by atoms with E-state index in [1.54, 1.807) is 7.11 Å². The summed E-state index contributed by atoms with van der Waals surface area (Å²) >= 11 is 0. The van der Waals surface area contributed by atoms with Crippen molar-refractivity contribution >= 4 is 0 Å². The van der Waals surface area contributed by atoms with Gasteiger partial charge in [0.1, 0.15) is 5.75 Å². The van der Waals surface area contributed by atoms with E-state index in [-0.39, 0.29) is 6.61 Å². The average Bonchev–Trinajstić information content (AvgIpc) is 2.89. The normalized spacial score (nSPS) is 16.4. The van der Waals surface area contributed by atoms with Crippen LogP contribution in [0.15, 0.2) is 18.2 Å². The van der Waals surface area contributed by atoms with Crippen molar-refractivity contribution in [3.05, 3.63) is 29.3 Å². The standard InChI is InChI=1S/C14H21NO2/c1-17-14-10-12(11-16)4-5-13(14)6-9-15-7-2-3-8-15/h4-5,10,16H,2-3,6-9,11H2,1H3. The quantitative estimate of drug-likeness (QED) is 0.845. The Kier molecular flexibility index (Phi) is 4.40. The second-order valence-electron chi connectivity index (χ2n) is 4.60. The summed E-state index contributed by atoms with van der Waals surface area (Å²) < 4.78 is 5.37. The van der Waals surface area contributed by atoms with Crippen LogP contribution in [0, 0.1) is 0 Å². The zero-order valence-corrected chi connectivity index (χ0v) is 10.5. The summed E-state index contributed by atoms with van der Waals surface area (Å²) in [5.41, 5.74) is 2.14. The smallest absolute Gasteiger partial charge is 0.122 e. The molecule has 0 spiro atoms. The molecular formula is C14H21NO2. The van der Waals surface area contributed by atoms with Gasteiger partial charge in [-0.1, -0.05) is 12.1 Å². The molecule has 1 aliphatic rings. The summed E-state index contributed by atoms with van der Waals surface area (Å²) in [6.45, 7) is 3.64. The van der Waals surface area contributed by atoms with Gasteiger partial charge in [-0.3, -0.25) is 0 Å². The Morgan fingerprint density at radius 1 is 1.29 bits per heavy atom. The van der Waals surface area contributed by atoms with E-state index < -0.39 is 0 Å². The van der Waals surface area contributed by atoms with Crippen LogP contribution >= 0.6 is 0 Å². The SMILES string of the molecule is COc1cc(CO)ccc1CCN1CCCC1. The number of methoxy groups -OCH3 is 1.